The van der Waals surface area contributed by atoms with Crippen molar-refractivity contribution in [3.05, 3.63) is 92.3 Å². The quantitative estimate of drug-likeness (QED) is 0.858. The van der Waals surface area contributed by atoms with Crippen LogP contribution in [-0.2, 0) is 0 Å². The molecule has 0 aromatic carbocycles. The molecule has 2 aromatic heterocycles. The molecule has 0 saturated heterocycles. The first-order valence-corrected chi connectivity index (χ1v) is 8.82. The molecule has 0 aliphatic heterocycles. The van der Waals surface area contributed by atoms with Crippen molar-refractivity contribution in [2.45, 2.75) is 27.2 Å². The van der Waals surface area contributed by atoms with Crippen molar-refractivity contribution >= 4 is 11.4 Å². The topological polar surface area (TPSA) is 84.5 Å². The van der Waals surface area contributed by atoms with E-state index in [9.17, 15) is 19.8 Å². The molecular formula is C22H22N2O4. The lowest BCUT2D eigenvalue weighted by atomic mass is 10.1. The Labute approximate surface area is 162 Å². The zero-order chi connectivity index (χ0) is 20.6. The van der Waals surface area contributed by atoms with Gasteiger partial charge in [0.25, 0.3) is 0 Å². The summed E-state index contributed by atoms with van der Waals surface area (Å²) in [6.45, 7) is 9.26. The Bertz CT molecular complexity index is 1190. The average Bonchev–Trinajstić information content (AvgIpc) is 2.88. The van der Waals surface area contributed by atoms with Crippen LogP contribution >= 0.6 is 0 Å². The van der Waals surface area contributed by atoms with Crippen molar-refractivity contribution < 1.29 is 10.2 Å². The third kappa shape index (κ3) is 3.36. The monoisotopic (exact) mass is 378 g/mol. The van der Waals surface area contributed by atoms with Crippen LogP contribution in [0, 0.1) is 13.8 Å². The highest BCUT2D eigenvalue weighted by Gasteiger charge is 2.14. The van der Waals surface area contributed by atoms with Crippen molar-refractivity contribution in [2.24, 2.45) is 0 Å². The van der Waals surface area contributed by atoms with Crippen LogP contribution in [0.25, 0.3) is 11.4 Å². The summed E-state index contributed by atoms with van der Waals surface area (Å²) in [4.78, 5) is 23.4. The average molecular weight is 378 g/mol. The van der Waals surface area contributed by atoms with Crippen molar-refractivity contribution in [2.75, 3.05) is 0 Å². The zero-order valence-corrected chi connectivity index (χ0v) is 16.1. The van der Waals surface area contributed by atoms with Gasteiger partial charge in [-0.25, -0.2) is 0 Å². The Hall–Kier alpha value is -3.54. The van der Waals surface area contributed by atoms with E-state index in [0.29, 0.717) is 23.5 Å². The molecule has 0 unspecified atom stereocenters. The van der Waals surface area contributed by atoms with Gasteiger partial charge in [-0.1, -0.05) is 18.2 Å². The molecule has 0 bridgehead atoms. The number of rotatable bonds is 3. The Morgan fingerprint density at radius 3 is 1.93 bits per heavy atom. The first-order chi connectivity index (χ1) is 13.2. The highest BCUT2D eigenvalue weighted by atomic mass is 16.3. The van der Waals surface area contributed by atoms with E-state index in [0.717, 1.165) is 16.8 Å². The van der Waals surface area contributed by atoms with E-state index in [1.165, 1.54) is 12.1 Å². The number of aromatic nitrogens is 2. The van der Waals surface area contributed by atoms with Gasteiger partial charge in [0.05, 0.1) is 11.4 Å². The lowest BCUT2D eigenvalue weighted by Gasteiger charge is -2.16. The van der Waals surface area contributed by atoms with E-state index in [-0.39, 0.29) is 11.5 Å². The lowest BCUT2D eigenvalue weighted by Crippen LogP contribution is -2.11. The molecular weight excluding hydrogens is 356 g/mol. The van der Waals surface area contributed by atoms with Crippen LogP contribution in [0.3, 0.4) is 0 Å². The van der Waals surface area contributed by atoms with Crippen molar-refractivity contribution in [1.82, 2.24) is 9.13 Å². The molecule has 144 valence electrons. The Morgan fingerprint density at radius 1 is 0.929 bits per heavy atom. The Morgan fingerprint density at radius 2 is 1.43 bits per heavy atom. The van der Waals surface area contributed by atoms with Crippen LogP contribution in [-0.4, -0.2) is 19.3 Å². The van der Waals surface area contributed by atoms with Crippen LogP contribution in [0.15, 0.2) is 70.1 Å². The van der Waals surface area contributed by atoms with Crippen LogP contribution in [0.4, 0.5) is 0 Å². The molecule has 6 nitrogen and oxygen atoms in total. The van der Waals surface area contributed by atoms with Gasteiger partial charge in [-0.2, -0.15) is 0 Å². The summed E-state index contributed by atoms with van der Waals surface area (Å²) in [5.41, 5.74) is 3.30. The number of hydrogen-bond donors (Lipinski definition) is 2. The lowest BCUT2D eigenvalue weighted by molar-refractivity contribution is 0.460. The molecule has 2 N–H and O–H groups in total. The molecule has 0 fully saturated rings. The molecule has 3 rings (SSSR count). The highest BCUT2D eigenvalue weighted by Crippen LogP contribution is 2.28. The van der Waals surface area contributed by atoms with Gasteiger partial charge in [-0.05, 0) is 44.9 Å². The highest BCUT2D eigenvalue weighted by molar-refractivity contribution is 5.77. The molecule has 0 saturated carbocycles. The van der Waals surface area contributed by atoms with E-state index in [1.54, 1.807) is 35.4 Å². The fourth-order valence-corrected chi connectivity index (χ4v) is 3.12. The molecule has 6 heteroatoms. The molecule has 0 atom stereocenters. The smallest absolute Gasteiger partial charge is 0.223 e. The molecule has 0 radical (unpaired) electrons. The maximum Gasteiger partial charge on any atom is 0.223 e. The third-order valence-corrected chi connectivity index (χ3v) is 4.88. The normalized spacial score (nSPS) is 14.0. The fraction of sp³-hybridized carbons (Fsp3) is 0.182. The number of allylic oxidation sites excluding steroid dienone is 7. The van der Waals surface area contributed by atoms with Crippen molar-refractivity contribution in [1.29, 1.82) is 0 Å². The number of hydrogen-bond acceptors (Lipinski definition) is 4. The van der Waals surface area contributed by atoms with E-state index in [2.05, 4.69) is 6.58 Å². The Kier molecular flexibility index (Phi) is 4.96. The third-order valence-electron chi connectivity index (χ3n) is 4.88. The summed E-state index contributed by atoms with van der Waals surface area (Å²) in [5, 5.41) is 20.1. The molecule has 28 heavy (non-hydrogen) atoms. The summed E-state index contributed by atoms with van der Waals surface area (Å²) < 4.78 is 3.44. The van der Waals surface area contributed by atoms with Gasteiger partial charge >= 0.3 is 0 Å². The second-order valence-corrected chi connectivity index (χ2v) is 6.82. The number of nitrogens with zero attached hydrogens (tertiary/aromatic N) is 2. The largest absolute Gasteiger partial charge is 0.503 e. The minimum atomic E-state index is -0.441. The summed E-state index contributed by atoms with van der Waals surface area (Å²) >= 11 is 0. The summed E-state index contributed by atoms with van der Waals surface area (Å²) in [6, 6.07) is 2.62. The maximum atomic E-state index is 11.7. The summed E-state index contributed by atoms with van der Waals surface area (Å²) in [6.07, 6.45) is 9.60. The Balaban J connectivity index is 2.25. The van der Waals surface area contributed by atoms with E-state index in [4.69, 9.17) is 0 Å². The molecule has 2 heterocycles. The zero-order valence-electron chi connectivity index (χ0n) is 16.1. The van der Waals surface area contributed by atoms with Crippen LogP contribution < -0.4 is 10.9 Å². The van der Waals surface area contributed by atoms with Gasteiger partial charge < -0.3 is 19.3 Å². The van der Waals surface area contributed by atoms with Gasteiger partial charge in [0, 0.05) is 35.9 Å². The number of pyridine rings is 2. The van der Waals surface area contributed by atoms with E-state index >= 15 is 0 Å². The van der Waals surface area contributed by atoms with Gasteiger partial charge in [0.1, 0.15) is 0 Å². The molecule has 0 spiro atoms. The summed E-state index contributed by atoms with van der Waals surface area (Å²) in [7, 11) is 0. The predicted octanol–water partition coefficient (Wildman–Crippen LogP) is 3.33. The summed E-state index contributed by atoms with van der Waals surface area (Å²) in [5.74, 6) is -0.603. The van der Waals surface area contributed by atoms with Gasteiger partial charge in [-0.3, -0.25) is 9.59 Å². The van der Waals surface area contributed by atoms with E-state index < -0.39 is 10.9 Å². The van der Waals surface area contributed by atoms with Gasteiger partial charge in [0.15, 0.2) is 11.5 Å². The number of aromatic hydroxyl groups is 2. The SMILES string of the molecule is C=C(C)C1=CC(n2ccc(=O)c(O)c2C)=CC(n2ccc(=O)c(O)c2C)=CC1. The van der Waals surface area contributed by atoms with Crippen LogP contribution in [0.5, 0.6) is 11.5 Å². The predicted molar refractivity (Wildman–Crippen MR) is 110 cm³/mol. The second kappa shape index (κ2) is 7.23. The molecule has 1 aliphatic carbocycles. The second-order valence-electron chi connectivity index (χ2n) is 6.82. The molecule has 1 aliphatic rings. The first kappa shape index (κ1) is 19.2. The standard InChI is InChI=1S/C22H22N2O4/c1-13(2)16-5-6-17(23-9-7-19(25)21(27)14(23)3)12-18(11-16)24-10-8-20(26)22(28)15(24)4/h6-12,27-28H,1,5H2,2-4H3. The van der Waals surface area contributed by atoms with Gasteiger partial charge in [-0.15, -0.1) is 0 Å². The van der Waals surface area contributed by atoms with E-state index in [1.807, 2.05) is 25.2 Å². The van der Waals surface area contributed by atoms with Crippen LogP contribution in [0.2, 0.25) is 0 Å². The first-order valence-electron chi connectivity index (χ1n) is 8.82. The minimum Gasteiger partial charge on any atom is -0.503 e. The minimum absolute atomic E-state index is 0.298. The van der Waals surface area contributed by atoms with Crippen molar-refractivity contribution in [3.8, 4) is 11.5 Å². The van der Waals surface area contributed by atoms with Crippen molar-refractivity contribution in [3.63, 3.8) is 0 Å². The van der Waals surface area contributed by atoms with Gasteiger partial charge in [0.2, 0.25) is 10.9 Å². The molecule has 2 aromatic rings. The maximum absolute atomic E-state index is 11.7. The van der Waals surface area contributed by atoms with Crippen LogP contribution in [0.1, 0.15) is 24.7 Å². The fourth-order valence-electron chi connectivity index (χ4n) is 3.12. The molecule has 0 amide bonds.